The molecular weight excluding hydrogens is 692 g/mol. The number of nitrogens with one attached hydrogen (secondary N) is 1. The highest BCUT2D eigenvalue weighted by Gasteiger charge is 2.48. The number of nitrogens with zero attached hydrogens (tertiary/aromatic N) is 2. The summed E-state index contributed by atoms with van der Waals surface area (Å²) < 4.78 is 21.3. The van der Waals surface area contributed by atoms with Crippen LogP contribution in [0.5, 0.6) is 17.2 Å². The van der Waals surface area contributed by atoms with Gasteiger partial charge in [-0.05, 0) is 31.5 Å². The summed E-state index contributed by atoms with van der Waals surface area (Å²) in [6.07, 6.45) is -1.07. The van der Waals surface area contributed by atoms with E-state index in [-0.39, 0.29) is 53.0 Å². The first-order chi connectivity index (χ1) is 25.3. The number of carbonyl (C=O) groups is 3. The second-order valence-corrected chi connectivity index (χ2v) is 13.5. The van der Waals surface area contributed by atoms with Gasteiger partial charge >= 0.3 is 0 Å². The minimum absolute atomic E-state index is 0.0353. The number of aliphatic hydroxyl groups is 3. The van der Waals surface area contributed by atoms with Crippen LogP contribution >= 0.6 is 0 Å². The molecule has 1 amide bonds. The number of phenols is 2. The van der Waals surface area contributed by atoms with E-state index in [1.165, 1.54) is 31.5 Å². The molecule has 53 heavy (non-hydrogen) atoms. The highest BCUT2D eigenvalue weighted by molar-refractivity contribution is 6.31. The van der Waals surface area contributed by atoms with Crippen molar-refractivity contribution in [2.24, 2.45) is 0 Å². The smallest absolute Gasteiger partial charge is 0.252 e. The molecule has 6 unspecified atom stereocenters. The molecular formula is C37H44N4O12. The average molecular weight is 737 g/mol. The maximum absolute atomic E-state index is 13.4. The summed E-state index contributed by atoms with van der Waals surface area (Å²) in [6, 6.07) is 7.74. The van der Waals surface area contributed by atoms with Gasteiger partial charge in [-0.25, -0.2) is 0 Å². The van der Waals surface area contributed by atoms with Crippen molar-refractivity contribution < 1.29 is 58.9 Å². The maximum Gasteiger partial charge on any atom is 0.252 e. The third kappa shape index (κ3) is 7.18. The SMILES string of the molecule is COC1CN(C2CCOC(C)C2O)CCO1.COc1cccc2c1C(=O)c1c(O)c3c(c(O)c1C2=O)CC(O)(C(=O)NCc1ccc(N)cn1)CC3O. The van der Waals surface area contributed by atoms with Crippen molar-refractivity contribution >= 4 is 23.2 Å². The molecule has 7 rings (SSSR count). The molecule has 2 aliphatic heterocycles. The molecule has 2 fully saturated rings. The van der Waals surface area contributed by atoms with Crippen LogP contribution < -0.4 is 15.8 Å². The second-order valence-electron chi connectivity index (χ2n) is 13.5. The summed E-state index contributed by atoms with van der Waals surface area (Å²) in [5, 5.41) is 56.8. The van der Waals surface area contributed by atoms with Gasteiger partial charge < -0.3 is 55.5 Å². The van der Waals surface area contributed by atoms with Crippen molar-refractivity contribution in [3.8, 4) is 17.2 Å². The Morgan fingerprint density at radius 2 is 1.81 bits per heavy atom. The van der Waals surface area contributed by atoms with E-state index in [1.54, 1.807) is 19.2 Å². The molecule has 0 spiro atoms. The number of morpholine rings is 1. The van der Waals surface area contributed by atoms with Gasteiger partial charge in [0.2, 0.25) is 5.78 Å². The topological polar surface area (TPSA) is 243 Å². The minimum Gasteiger partial charge on any atom is -0.507 e. The van der Waals surface area contributed by atoms with Gasteiger partial charge in [0.1, 0.15) is 22.8 Å². The van der Waals surface area contributed by atoms with Gasteiger partial charge in [-0.2, -0.15) is 0 Å². The molecule has 284 valence electrons. The van der Waals surface area contributed by atoms with E-state index >= 15 is 0 Å². The fourth-order valence-corrected chi connectivity index (χ4v) is 7.43. The zero-order valence-corrected chi connectivity index (χ0v) is 29.6. The molecule has 16 nitrogen and oxygen atoms in total. The standard InChI is InChI=1S/C26H23N3O8.C11H21NO4/c1-37-16-4-2-3-13-18(16)24(34)20-19(21(13)31)22(32)14-7-26(36,8-15(30)17(14)23(20)33)25(35)29-10-12-6-5-11(27)9-28-12;1-8-11(13)9(3-5-15-8)12-4-6-16-10(7-12)14-2/h2-6,9,15,30,32-33,36H,7-8,10,27H2,1H3,(H,29,35);8-11,13H,3-7H2,1-2H3. The molecule has 3 aromatic rings. The first-order valence-corrected chi connectivity index (χ1v) is 17.2. The van der Waals surface area contributed by atoms with Crippen molar-refractivity contribution in [3.63, 3.8) is 0 Å². The zero-order chi connectivity index (χ0) is 38.2. The normalized spacial score (nSPS) is 26.7. The molecule has 1 aromatic heterocycles. The molecule has 2 aliphatic carbocycles. The molecule has 0 radical (unpaired) electrons. The molecule has 2 saturated heterocycles. The summed E-state index contributed by atoms with van der Waals surface area (Å²) in [7, 11) is 2.98. The van der Waals surface area contributed by atoms with Crippen LogP contribution in [0.2, 0.25) is 0 Å². The predicted octanol–water partition coefficient (Wildman–Crippen LogP) is 0.716. The van der Waals surface area contributed by atoms with Crippen LogP contribution in [-0.2, 0) is 32.0 Å². The van der Waals surface area contributed by atoms with Gasteiger partial charge in [0.15, 0.2) is 12.1 Å². The summed E-state index contributed by atoms with van der Waals surface area (Å²) in [6.45, 7) is 4.84. The molecule has 16 heteroatoms. The lowest BCUT2D eigenvalue weighted by Gasteiger charge is -2.43. The number of fused-ring (bicyclic) bond motifs is 3. The number of aliphatic hydroxyl groups excluding tert-OH is 2. The number of hydrogen-bond donors (Lipinski definition) is 7. The summed E-state index contributed by atoms with van der Waals surface area (Å²) in [4.78, 5) is 46.0. The van der Waals surface area contributed by atoms with Gasteiger partial charge in [-0.3, -0.25) is 24.3 Å². The first-order valence-electron chi connectivity index (χ1n) is 17.2. The predicted molar refractivity (Wildman–Crippen MR) is 187 cm³/mol. The Hall–Kier alpha value is -4.68. The van der Waals surface area contributed by atoms with Gasteiger partial charge in [0.25, 0.3) is 5.91 Å². The maximum atomic E-state index is 13.4. The molecule has 3 heterocycles. The monoisotopic (exact) mass is 736 g/mol. The zero-order valence-electron chi connectivity index (χ0n) is 29.6. The van der Waals surface area contributed by atoms with E-state index in [2.05, 4.69) is 15.2 Å². The number of anilines is 1. The average Bonchev–Trinajstić information content (AvgIpc) is 3.15. The largest absolute Gasteiger partial charge is 0.507 e. The van der Waals surface area contributed by atoms with E-state index in [9.17, 15) is 39.9 Å². The fourth-order valence-electron chi connectivity index (χ4n) is 7.43. The number of carbonyl (C=O) groups excluding carboxylic acids is 3. The number of phenolic OH excluding ortho intramolecular Hbond substituents is 2. The van der Waals surface area contributed by atoms with E-state index in [0.29, 0.717) is 18.0 Å². The molecule has 0 bridgehead atoms. The van der Waals surface area contributed by atoms with Crippen molar-refractivity contribution in [1.29, 1.82) is 0 Å². The number of rotatable bonds is 6. The Morgan fingerprint density at radius 3 is 2.51 bits per heavy atom. The van der Waals surface area contributed by atoms with Gasteiger partial charge in [-0.15, -0.1) is 0 Å². The van der Waals surface area contributed by atoms with Gasteiger partial charge in [-0.1, -0.05) is 12.1 Å². The number of hydrogen-bond acceptors (Lipinski definition) is 15. The Balaban J connectivity index is 0.000000250. The third-order valence-corrected chi connectivity index (χ3v) is 10.3. The Kier molecular flexibility index (Phi) is 11.0. The summed E-state index contributed by atoms with van der Waals surface area (Å²) >= 11 is 0. The Morgan fingerprint density at radius 1 is 1.06 bits per heavy atom. The number of amides is 1. The van der Waals surface area contributed by atoms with Gasteiger partial charge in [0, 0.05) is 62.4 Å². The van der Waals surface area contributed by atoms with Crippen LogP contribution in [0.15, 0.2) is 36.5 Å². The molecule has 2 aromatic carbocycles. The second kappa shape index (κ2) is 15.4. The highest BCUT2D eigenvalue weighted by atomic mass is 16.7. The fraction of sp³-hybridized carbons (Fsp3) is 0.459. The number of aromatic hydroxyl groups is 2. The van der Waals surface area contributed by atoms with E-state index < -0.39 is 70.8 Å². The van der Waals surface area contributed by atoms with E-state index in [1.807, 2.05) is 6.92 Å². The number of nitrogen functional groups attached to an aromatic ring is 1. The minimum atomic E-state index is -2.19. The lowest BCUT2D eigenvalue weighted by molar-refractivity contribution is -0.190. The number of pyridine rings is 1. The highest BCUT2D eigenvalue weighted by Crippen LogP contribution is 2.51. The Labute approximate surface area is 305 Å². The number of benzene rings is 2. The van der Waals surface area contributed by atoms with E-state index in [4.69, 9.17) is 24.7 Å². The van der Waals surface area contributed by atoms with Crippen molar-refractivity contribution in [2.45, 2.75) is 69.0 Å². The number of nitrogens with two attached hydrogens (primary N) is 1. The molecule has 4 aliphatic rings. The number of aromatic nitrogens is 1. The van der Waals surface area contributed by atoms with Crippen LogP contribution in [0.4, 0.5) is 5.69 Å². The number of ether oxygens (including phenoxy) is 4. The molecule has 8 N–H and O–H groups in total. The Bertz CT molecular complexity index is 1890. The van der Waals surface area contributed by atoms with Crippen molar-refractivity contribution in [2.75, 3.05) is 46.3 Å². The lowest BCUT2D eigenvalue weighted by atomic mass is 9.72. The molecule has 0 saturated carbocycles. The van der Waals surface area contributed by atoms with Crippen LogP contribution in [-0.4, -0.2) is 124 Å². The van der Waals surface area contributed by atoms with Crippen molar-refractivity contribution in [3.05, 3.63) is 75.6 Å². The van der Waals surface area contributed by atoms with Gasteiger partial charge in [0.05, 0.1) is 72.8 Å². The lowest BCUT2D eigenvalue weighted by Crippen LogP contribution is -2.57. The quantitative estimate of drug-likeness (QED) is 0.135. The van der Waals surface area contributed by atoms with Crippen LogP contribution in [0, 0.1) is 0 Å². The van der Waals surface area contributed by atoms with Crippen LogP contribution in [0.3, 0.4) is 0 Å². The third-order valence-electron chi connectivity index (χ3n) is 10.3. The van der Waals surface area contributed by atoms with Crippen LogP contribution in [0.1, 0.15) is 74.5 Å². The number of ketones is 2. The summed E-state index contributed by atoms with van der Waals surface area (Å²) in [5.41, 5.74) is 2.84. The van der Waals surface area contributed by atoms with Crippen molar-refractivity contribution in [1.82, 2.24) is 15.2 Å². The molecule has 6 atom stereocenters. The van der Waals surface area contributed by atoms with E-state index in [0.717, 1.165) is 26.1 Å². The van der Waals surface area contributed by atoms with Crippen LogP contribution in [0.25, 0.3) is 0 Å². The first kappa shape index (κ1) is 38.1. The number of methoxy groups -OCH3 is 2. The summed E-state index contributed by atoms with van der Waals surface area (Å²) in [5.74, 6) is -3.65.